The molecular formula is C11H17NO2. The van der Waals surface area contributed by atoms with Crippen molar-refractivity contribution in [2.24, 2.45) is 5.73 Å². The van der Waals surface area contributed by atoms with Crippen LogP contribution >= 0.6 is 0 Å². The molecule has 1 atom stereocenters. The van der Waals surface area contributed by atoms with Crippen molar-refractivity contribution < 1.29 is 9.84 Å². The van der Waals surface area contributed by atoms with Crippen LogP contribution in [0.25, 0.3) is 0 Å². The molecule has 1 aromatic rings. The Morgan fingerprint density at radius 2 is 2.14 bits per heavy atom. The van der Waals surface area contributed by atoms with E-state index < -0.39 is 0 Å². The molecule has 0 bridgehead atoms. The van der Waals surface area contributed by atoms with Crippen molar-refractivity contribution in [3.63, 3.8) is 0 Å². The lowest BCUT2D eigenvalue weighted by molar-refractivity contribution is 0.232. The number of rotatable bonds is 5. The van der Waals surface area contributed by atoms with Gasteiger partial charge in [0.15, 0.2) is 0 Å². The lowest BCUT2D eigenvalue weighted by atomic mass is 10.1. The van der Waals surface area contributed by atoms with Gasteiger partial charge in [-0.15, -0.1) is 0 Å². The third-order valence-corrected chi connectivity index (χ3v) is 1.97. The van der Waals surface area contributed by atoms with E-state index in [1.165, 1.54) is 0 Å². The van der Waals surface area contributed by atoms with Crippen LogP contribution in [-0.4, -0.2) is 18.3 Å². The molecule has 0 heterocycles. The van der Waals surface area contributed by atoms with E-state index in [-0.39, 0.29) is 12.6 Å². The van der Waals surface area contributed by atoms with Gasteiger partial charge in [-0.1, -0.05) is 18.2 Å². The quantitative estimate of drug-likeness (QED) is 0.699. The minimum atomic E-state index is -0.0275. The zero-order valence-corrected chi connectivity index (χ0v) is 8.44. The molecule has 0 saturated heterocycles. The molecule has 0 saturated carbocycles. The number of ether oxygens (including phenoxy) is 1. The van der Waals surface area contributed by atoms with Crippen LogP contribution in [-0.2, 0) is 0 Å². The first-order valence-corrected chi connectivity index (χ1v) is 4.84. The van der Waals surface area contributed by atoms with Crippen LogP contribution < -0.4 is 10.5 Å². The van der Waals surface area contributed by atoms with Crippen LogP contribution in [0.1, 0.15) is 24.9 Å². The van der Waals surface area contributed by atoms with Crippen molar-refractivity contribution in [1.82, 2.24) is 0 Å². The van der Waals surface area contributed by atoms with Crippen molar-refractivity contribution in [3.05, 3.63) is 29.8 Å². The van der Waals surface area contributed by atoms with Crippen molar-refractivity contribution in [1.29, 1.82) is 0 Å². The highest BCUT2D eigenvalue weighted by Gasteiger charge is 2.06. The fraction of sp³-hybridized carbons (Fsp3) is 0.455. The Labute approximate surface area is 84.5 Å². The monoisotopic (exact) mass is 195 g/mol. The topological polar surface area (TPSA) is 55.5 Å². The lowest BCUT2D eigenvalue weighted by Crippen LogP contribution is -2.08. The van der Waals surface area contributed by atoms with Crippen molar-refractivity contribution in [2.75, 3.05) is 13.2 Å². The molecule has 3 N–H and O–H groups in total. The largest absolute Gasteiger partial charge is 0.493 e. The first-order valence-electron chi connectivity index (χ1n) is 4.84. The molecule has 0 aliphatic rings. The van der Waals surface area contributed by atoms with E-state index >= 15 is 0 Å². The number of hydrogen-bond acceptors (Lipinski definition) is 3. The van der Waals surface area contributed by atoms with Gasteiger partial charge in [-0.25, -0.2) is 0 Å². The second kappa shape index (κ2) is 5.62. The molecule has 0 fully saturated rings. The van der Waals surface area contributed by atoms with Gasteiger partial charge in [-0.2, -0.15) is 0 Å². The predicted molar refractivity (Wildman–Crippen MR) is 56.2 cm³/mol. The number of aliphatic hydroxyl groups is 1. The highest BCUT2D eigenvalue weighted by molar-refractivity contribution is 5.35. The van der Waals surface area contributed by atoms with Gasteiger partial charge in [0.2, 0.25) is 0 Å². The van der Waals surface area contributed by atoms with Crippen LogP contribution in [0.2, 0.25) is 0 Å². The molecule has 0 spiro atoms. The summed E-state index contributed by atoms with van der Waals surface area (Å²) in [5.74, 6) is 0.816. The standard InChI is InChI=1S/C11H17NO2/c1-9(12)10-5-2-3-6-11(10)14-8-4-7-13/h2-3,5-6,9,13H,4,7-8,12H2,1H3/t9-/m0/s1. The lowest BCUT2D eigenvalue weighted by Gasteiger charge is -2.13. The maximum Gasteiger partial charge on any atom is 0.124 e. The van der Waals surface area contributed by atoms with Crippen LogP contribution in [0, 0.1) is 0 Å². The number of benzene rings is 1. The summed E-state index contributed by atoms with van der Waals surface area (Å²) in [6.07, 6.45) is 0.646. The molecule has 0 radical (unpaired) electrons. The van der Waals surface area contributed by atoms with Gasteiger partial charge in [0, 0.05) is 24.6 Å². The summed E-state index contributed by atoms with van der Waals surface area (Å²) in [6.45, 7) is 2.61. The van der Waals surface area contributed by atoms with Gasteiger partial charge in [-0.05, 0) is 13.0 Å². The third-order valence-electron chi connectivity index (χ3n) is 1.97. The predicted octanol–water partition coefficient (Wildman–Crippen LogP) is 1.47. The number of hydrogen-bond donors (Lipinski definition) is 2. The Balaban J connectivity index is 2.64. The fourth-order valence-corrected chi connectivity index (χ4v) is 1.23. The summed E-state index contributed by atoms with van der Waals surface area (Å²) in [6, 6.07) is 7.69. The maximum absolute atomic E-state index is 8.62. The van der Waals surface area contributed by atoms with Gasteiger partial charge in [0.1, 0.15) is 5.75 Å². The Bertz CT molecular complexity index is 274. The van der Waals surface area contributed by atoms with Crippen LogP contribution in [0.4, 0.5) is 0 Å². The van der Waals surface area contributed by atoms with E-state index in [0.29, 0.717) is 13.0 Å². The molecule has 14 heavy (non-hydrogen) atoms. The van der Waals surface area contributed by atoms with Crippen molar-refractivity contribution >= 4 is 0 Å². The normalized spacial score (nSPS) is 12.5. The first-order chi connectivity index (χ1) is 6.75. The molecule has 0 aliphatic carbocycles. The van der Waals surface area contributed by atoms with E-state index in [9.17, 15) is 0 Å². The van der Waals surface area contributed by atoms with Crippen molar-refractivity contribution in [3.8, 4) is 5.75 Å². The van der Waals surface area contributed by atoms with Crippen LogP contribution in [0.3, 0.4) is 0 Å². The SMILES string of the molecule is C[C@H](N)c1ccccc1OCCCO. The highest BCUT2D eigenvalue weighted by atomic mass is 16.5. The molecule has 0 aromatic heterocycles. The summed E-state index contributed by atoms with van der Waals surface area (Å²) < 4.78 is 5.50. The van der Waals surface area contributed by atoms with E-state index in [4.69, 9.17) is 15.6 Å². The fourth-order valence-electron chi connectivity index (χ4n) is 1.23. The molecular weight excluding hydrogens is 178 g/mol. The number of aliphatic hydroxyl groups excluding tert-OH is 1. The average molecular weight is 195 g/mol. The van der Waals surface area contributed by atoms with Gasteiger partial charge >= 0.3 is 0 Å². The van der Waals surface area contributed by atoms with E-state index in [0.717, 1.165) is 11.3 Å². The third kappa shape index (κ3) is 3.01. The molecule has 3 nitrogen and oxygen atoms in total. The summed E-state index contributed by atoms with van der Waals surface area (Å²) >= 11 is 0. The smallest absolute Gasteiger partial charge is 0.124 e. The first kappa shape index (κ1) is 11.0. The minimum Gasteiger partial charge on any atom is -0.493 e. The molecule has 1 rings (SSSR count). The van der Waals surface area contributed by atoms with E-state index in [1.807, 2.05) is 31.2 Å². The van der Waals surface area contributed by atoms with Gasteiger partial charge in [-0.3, -0.25) is 0 Å². The number of para-hydroxylation sites is 1. The average Bonchev–Trinajstić information content (AvgIpc) is 2.19. The summed E-state index contributed by atoms with van der Waals surface area (Å²) in [5, 5.41) is 8.62. The zero-order chi connectivity index (χ0) is 10.4. The summed E-state index contributed by atoms with van der Waals surface area (Å²) in [5.41, 5.74) is 6.79. The molecule has 0 aliphatic heterocycles. The zero-order valence-electron chi connectivity index (χ0n) is 8.44. The van der Waals surface area contributed by atoms with Crippen molar-refractivity contribution in [2.45, 2.75) is 19.4 Å². The molecule has 3 heteroatoms. The molecule has 78 valence electrons. The Morgan fingerprint density at radius 3 is 2.79 bits per heavy atom. The van der Waals surface area contributed by atoms with E-state index in [1.54, 1.807) is 0 Å². The summed E-state index contributed by atoms with van der Waals surface area (Å²) in [7, 11) is 0. The Morgan fingerprint density at radius 1 is 1.43 bits per heavy atom. The molecule has 0 amide bonds. The van der Waals surface area contributed by atoms with E-state index in [2.05, 4.69) is 0 Å². The highest BCUT2D eigenvalue weighted by Crippen LogP contribution is 2.23. The Hall–Kier alpha value is -1.06. The minimum absolute atomic E-state index is 0.0275. The second-order valence-electron chi connectivity index (χ2n) is 3.25. The van der Waals surface area contributed by atoms with Crippen LogP contribution in [0.15, 0.2) is 24.3 Å². The maximum atomic E-state index is 8.62. The van der Waals surface area contributed by atoms with Crippen LogP contribution in [0.5, 0.6) is 5.75 Å². The Kier molecular flexibility index (Phi) is 4.43. The second-order valence-corrected chi connectivity index (χ2v) is 3.25. The van der Waals surface area contributed by atoms with Gasteiger partial charge in [0.05, 0.1) is 6.61 Å². The molecule has 1 aromatic carbocycles. The number of nitrogens with two attached hydrogens (primary N) is 1. The summed E-state index contributed by atoms with van der Waals surface area (Å²) in [4.78, 5) is 0. The molecule has 0 unspecified atom stereocenters. The van der Waals surface area contributed by atoms with Gasteiger partial charge < -0.3 is 15.6 Å². The van der Waals surface area contributed by atoms with Gasteiger partial charge in [0.25, 0.3) is 0 Å².